The van der Waals surface area contributed by atoms with E-state index in [2.05, 4.69) is 15.0 Å². The number of rotatable bonds is 5. The average molecular weight is 345 g/mol. The van der Waals surface area contributed by atoms with E-state index in [1.165, 1.54) is 0 Å². The molecular formula is C13H17F2N5O4. The minimum absolute atomic E-state index is 0.0575. The number of alkyl halides is 2. The standard InChI is InChI=1S/C13H17F2N5O4/c1-8(21)16-9-7-10(20(22)23)11(17-12(9)24-13(14)15)19-5-3-18(2)4-6-19/h7,13H,3-6H2,1-2H3,(H,16,21). The van der Waals surface area contributed by atoms with E-state index < -0.39 is 23.3 Å². The van der Waals surface area contributed by atoms with Crippen LogP contribution < -0.4 is 15.0 Å². The third-order valence-corrected chi connectivity index (χ3v) is 3.46. The van der Waals surface area contributed by atoms with Gasteiger partial charge in [-0.25, -0.2) is 0 Å². The van der Waals surface area contributed by atoms with Crippen LogP contribution in [-0.2, 0) is 4.79 Å². The van der Waals surface area contributed by atoms with Gasteiger partial charge in [0.05, 0.1) is 4.92 Å². The van der Waals surface area contributed by atoms with Crippen molar-refractivity contribution in [1.29, 1.82) is 0 Å². The van der Waals surface area contributed by atoms with Gasteiger partial charge in [-0.3, -0.25) is 14.9 Å². The highest BCUT2D eigenvalue weighted by Gasteiger charge is 2.28. The second-order valence-corrected chi connectivity index (χ2v) is 5.29. The van der Waals surface area contributed by atoms with Gasteiger partial charge >= 0.3 is 12.3 Å². The van der Waals surface area contributed by atoms with Crippen molar-refractivity contribution in [2.45, 2.75) is 13.5 Å². The number of hydrogen-bond donors (Lipinski definition) is 1. The smallest absolute Gasteiger partial charge is 0.388 e. The molecule has 1 aromatic rings. The van der Waals surface area contributed by atoms with Gasteiger partial charge in [0.2, 0.25) is 17.6 Å². The Morgan fingerprint density at radius 1 is 1.42 bits per heavy atom. The topological polar surface area (TPSA) is 101 Å². The summed E-state index contributed by atoms with van der Waals surface area (Å²) in [5.41, 5.74) is -0.655. The Labute approximate surface area is 136 Å². The van der Waals surface area contributed by atoms with Crippen LogP contribution in [0.25, 0.3) is 0 Å². The number of carbonyl (C=O) groups is 1. The summed E-state index contributed by atoms with van der Waals surface area (Å²) in [4.78, 5) is 29.4. The minimum atomic E-state index is -3.17. The Hall–Kier alpha value is -2.56. The van der Waals surface area contributed by atoms with Crippen molar-refractivity contribution >= 4 is 23.1 Å². The van der Waals surface area contributed by atoms with Gasteiger partial charge in [0.25, 0.3) is 0 Å². The maximum Gasteiger partial charge on any atom is 0.388 e. The molecule has 0 unspecified atom stereocenters. The van der Waals surface area contributed by atoms with E-state index in [9.17, 15) is 23.7 Å². The fourth-order valence-corrected chi connectivity index (χ4v) is 2.32. The summed E-state index contributed by atoms with van der Waals surface area (Å²) in [6, 6.07) is 0.986. The van der Waals surface area contributed by atoms with Gasteiger partial charge in [-0.1, -0.05) is 0 Å². The normalized spacial score (nSPS) is 15.5. The molecule has 1 aliphatic heterocycles. The summed E-state index contributed by atoms with van der Waals surface area (Å²) in [7, 11) is 1.91. The van der Waals surface area contributed by atoms with E-state index in [1.807, 2.05) is 11.9 Å². The Morgan fingerprint density at radius 2 is 2.04 bits per heavy atom. The van der Waals surface area contributed by atoms with Crippen molar-refractivity contribution in [3.63, 3.8) is 0 Å². The van der Waals surface area contributed by atoms with Crippen LogP contribution in [0.1, 0.15) is 6.92 Å². The predicted octanol–water partition coefficient (Wildman–Crippen LogP) is 1.30. The van der Waals surface area contributed by atoms with Gasteiger partial charge in [-0.15, -0.1) is 0 Å². The van der Waals surface area contributed by atoms with Gasteiger partial charge in [-0.05, 0) is 7.05 Å². The van der Waals surface area contributed by atoms with Gasteiger partial charge in [0.15, 0.2) is 0 Å². The largest absolute Gasteiger partial charge is 0.415 e. The summed E-state index contributed by atoms with van der Waals surface area (Å²) in [6.45, 7) is 0.184. The van der Waals surface area contributed by atoms with E-state index in [1.54, 1.807) is 4.90 Å². The fourth-order valence-electron chi connectivity index (χ4n) is 2.32. The molecule has 132 valence electrons. The SMILES string of the molecule is CC(=O)Nc1cc([N+](=O)[O-])c(N2CCN(C)CC2)nc1OC(F)F. The number of pyridine rings is 1. The lowest BCUT2D eigenvalue weighted by Gasteiger charge is -2.33. The van der Waals surface area contributed by atoms with Crippen molar-refractivity contribution in [3.05, 3.63) is 16.2 Å². The molecule has 0 saturated carbocycles. The Balaban J connectivity index is 2.47. The van der Waals surface area contributed by atoms with Gasteiger partial charge in [0, 0.05) is 39.2 Å². The highest BCUT2D eigenvalue weighted by Crippen LogP contribution is 2.36. The van der Waals surface area contributed by atoms with Crippen LogP contribution in [0.5, 0.6) is 5.88 Å². The van der Waals surface area contributed by atoms with Crippen molar-refractivity contribution < 1.29 is 23.2 Å². The molecular weight excluding hydrogens is 328 g/mol. The van der Waals surface area contributed by atoms with Crippen LogP contribution in [0.15, 0.2) is 6.07 Å². The lowest BCUT2D eigenvalue weighted by atomic mass is 10.2. The summed E-state index contributed by atoms with van der Waals surface area (Å²) in [6.07, 6.45) is 0. The molecule has 9 nitrogen and oxygen atoms in total. The number of nitrogens with zero attached hydrogens (tertiary/aromatic N) is 4. The second kappa shape index (κ2) is 7.34. The van der Waals surface area contributed by atoms with Crippen LogP contribution in [0.3, 0.4) is 0 Å². The zero-order valence-corrected chi connectivity index (χ0v) is 13.2. The zero-order chi connectivity index (χ0) is 17.9. The number of anilines is 2. The predicted molar refractivity (Wildman–Crippen MR) is 81.5 cm³/mol. The number of piperazine rings is 1. The first-order valence-electron chi connectivity index (χ1n) is 7.13. The maximum atomic E-state index is 12.6. The van der Waals surface area contributed by atoms with E-state index in [-0.39, 0.29) is 17.2 Å². The molecule has 0 aromatic carbocycles. The monoisotopic (exact) mass is 345 g/mol. The van der Waals surface area contributed by atoms with Crippen LogP contribution in [0.4, 0.5) is 26.0 Å². The molecule has 0 aliphatic carbocycles. The molecule has 0 atom stereocenters. The number of likely N-dealkylation sites (N-methyl/N-ethyl adjacent to an activating group) is 1. The van der Waals surface area contributed by atoms with Gasteiger partial charge < -0.3 is 19.9 Å². The first-order valence-corrected chi connectivity index (χ1v) is 7.13. The molecule has 0 spiro atoms. The Bertz CT molecular complexity index is 635. The van der Waals surface area contributed by atoms with E-state index in [4.69, 9.17) is 0 Å². The Kier molecular flexibility index (Phi) is 5.44. The average Bonchev–Trinajstić information content (AvgIpc) is 2.48. The van der Waals surface area contributed by atoms with E-state index in [0.717, 1.165) is 13.0 Å². The molecule has 1 amide bonds. The molecule has 1 aliphatic rings. The number of amides is 1. The first-order chi connectivity index (χ1) is 11.3. The minimum Gasteiger partial charge on any atom is -0.415 e. The highest BCUT2D eigenvalue weighted by molar-refractivity contribution is 5.91. The number of nitrogens with one attached hydrogen (secondary N) is 1. The number of halogens is 2. The van der Waals surface area contributed by atoms with Crippen LogP contribution in [-0.4, -0.2) is 60.6 Å². The first kappa shape index (κ1) is 17.8. The number of ether oxygens (including phenoxy) is 1. The van der Waals surface area contributed by atoms with Gasteiger partial charge in [0.1, 0.15) is 5.69 Å². The summed E-state index contributed by atoms with van der Waals surface area (Å²) >= 11 is 0. The number of nitro groups is 1. The number of aromatic nitrogens is 1. The number of hydrogen-bond acceptors (Lipinski definition) is 7. The lowest BCUT2D eigenvalue weighted by Crippen LogP contribution is -2.45. The molecule has 1 aromatic heterocycles. The zero-order valence-electron chi connectivity index (χ0n) is 13.2. The molecule has 11 heteroatoms. The van der Waals surface area contributed by atoms with Crippen LogP contribution in [0, 0.1) is 10.1 Å². The summed E-state index contributed by atoms with van der Waals surface area (Å²) in [5, 5.41) is 13.5. The van der Waals surface area contributed by atoms with E-state index in [0.29, 0.717) is 26.2 Å². The maximum absolute atomic E-state index is 12.6. The molecule has 24 heavy (non-hydrogen) atoms. The van der Waals surface area contributed by atoms with E-state index >= 15 is 0 Å². The fraction of sp³-hybridized carbons (Fsp3) is 0.538. The molecule has 1 N–H and O–H groups in total. The second-order valence-electron chi connectivity index (χ2n) is 5.29. The molecule has 2 rings (SSSR count). The van der Waals surface area contributed by atoms with Gasteiger partial charge in [-0.2, -0.15) is 13.8 Å². The lowest BCUT2D eigenvalue weighted by molar-refractivity contribution is -0.384. The molecule has 2 heterocycles. The van der Waals surface area contributed by atoms with Crippen molar-refractivity contribution in [3.8, 4) is 5.88 Å². The highest BCUT2D eigenvalue weighted by atomic mass is 19.3. The summed E-state index contributed by atoms with van der Waals surface area (Å²) < 4.78 is 29.5. The summed E-state index contributed by atoms with van der Waals surface area (Å²) in [5.74, 6) is -1.20. The molecule has 0 bridgehead atoms. The third kappa shape index (κ3) is 4.25. The van der Waals surface area contributed by atoms with Crippen LogP contribution >= 0.6 is 0 Å². The molecule has 1 fully saturated rings. The molecule has 0 radical (unpaired) electrons. The van der Waals surface area contributed by atoms with Crippen LogP contribution in [0.2, 0.25) is 0 Å². The molecule has 1 saturated heterocycles. The number of carbonyl (C=O) groups excluding carboxylic acids is 1. The Morgan fingerprint density at radius 3 is 2.54 bits per heavy atom. The quantitative estimate of drug-likeness (QED) is 0.634. The van der Waals surface area contributed by atoms with Crippen molar-refractivity contribution in [2.75, 3.05) is 43.4 Å². The third-order valence-electron chi connectivity index (χ3n) is 3.46. The van der Waals surface area contributed by atoms with Crippen molar-refractivity contribution in [1.82, 2.24) is 9.88 Å². The van der Waals surface area contributed by atoms with Crippen molar-refractivity contribution in [2.24, 2.45) is 0 Å².